The molecule has 0 spiro atoms. The molecule has 0 unspecified atom stereocenters. The SMILES string of the molecule is CC(C)c1cccc(C(C)C)c1-n1[c-][n+](-c2c(C(C)C)cccc2C(C)C)cc1[Si](C)(C)C. The van der Waals surface area contributed by atoms with Gasteiger partial charge in [0.25, 0.3) is 6.33 Å². The zero-order valence-corrected chi connectivity index (χ0v) is 23.7. The minimum Gasteiger partial charge on any atom is -0.298 e. The lowest BCUT2D eigenvalue weighted by molar-refractivity contribution is -0.600. The van der Waals surface area contributed by atoms with Gasteiger partial charge in [-0.3, -0.25) is 9.13 Å². The zero-order chi connectivity index (χ0) is 24.7. The Morgan fingerprint density at radius 3 is 1.42 bits per heavy atom. The lowest BCUT2D eigenvalue weighted by atomic mass is 9.92. The molecule has 0 radical (unpaired) electrons. The van der Waals surface area contributed by atoms with Gasteiger partial charge in [0.1, 0.15) is 0 Å². The van der Waals surface area contributed by atoms with Gasteiger partial charge in [0.05, 0.1) is 19.4 Å². The molecule has 0 fully saturated rings. The summed E-state index contributed by atoms with van der Waals surface area (Å²) in [6.07, 6.45) is 6.26. The quantitative estimate of drug-likeness (QED) is 0.195. The number of nitrogens with zero attached hydrogens (tertiary/aromatic N) is 2. The van der Waals surface area contributed by atoms with Crippen LogP contribution in [-0.2, 0) is 0 Å². The maximum atomic E-state index is 3.87. The van der Waals surface area contributed by atoms with Crippen molar-refractivity contribution in [1.29, 1.82) is 0 Å². The Bertz CT molecular complexity index is 1060. The van der Waals surface area contributed by atoms with Crippen molar-refractivity contribution in [3.05, 3.63) is 71.2 Å². The number of para-hydroxylation sites is 2. The van der Waals surface area contributed by atoms with Crippen LogP contribution in [0.5, 0.6) is 0 Å². The van der Waals surface area contributed by atoms with Crippen LogP contribution in [0.25, 0.3) is 11.4 Å². The minimum absolute atomic E-state index is 0.451. The second-order valence-corrected chi connectivity index (χ2v) is 16.8. The molecule has 0 bridgehead atoms. The highest BCUT2D eigenvalue weighted by Crippen LogP contribution is 2.32. The molecule has 178 valence electrons. The van der Waals surface area contributed by atoms with Gasteiger partial charge in [-0.05, 0) is 45.9 Å². The average molecular weight is 461 g/mol. The molecule has 0 amide bonds. The van der Waals surface area contributed by atoms with E-state index in [0.717, 1.165) is 0 Å². The maximum Gasteiger partial charge on any atom is 0.268 e. The van der Waals surface area contributed by atoms with Crippen molar-refractivity contribution < 1.29 is 4.57 Å². The van der Waals surface area contributed by atoms with Crippen molar-refractivity contribution in [2.75, 3.05) is 0 Å². The van der Waals surface area contributed by atoms with E-state index in [9.17, 15) is 0 Å². The Hall–Kier alpha value is -2.13. The fourth-order valence-electron chi connectivity index (χ4n) is 4.74. The standard InChI is InChI=1S/C30H44N2Si/c1-20(2)24-14-12-15-25(21(3)4)29(24)31-18-28(33(9,10)11)32(19-31)30-26(22(5)6)16-13-17-27(30)23(7)8/h12-18,20-23H,1-11H3. The lowest BCUT2D eigenvalue weighted by Crippen LogP contribution is -2.43. The summed E-state index contributed by atoms with van der Waals surface area (Å²) in [5.41, 5.74) is 8.24. The Balaban J connectivity index is 2.44. The third kappa shape index (κ3) is 5.04. The van der Waals surface area contributed by atoms with E-state index in [0.29, 0.717) is 23.7 Å². The van der Waals surface area contributed by atoms with Crippen LogP contribution in [0.4, 0.5) is 0 Å². The van der Waals surface area contributed by atoms with E-state index in [1.54, 1.807) is 0 Å². The van der Waals surface area contributed by atoms with Gasteiger partial charge in [-0.1, -0.05) is 111 Å². The van der Waals surface area contributed by atoms with E-state index in [2.05, 4.69) is 133 Å². The summed E-state index contributed by atoms with van der Waals surface area (Å²) in [7, 11) is -1.67. The van der Waals surface area contributed by atoms with E-state index < -0.39 is 8.07 Å². The predicted octanol–water partition coefficient (Wildman–Crippen LogP) is 7.59. The fourth-order valence-corrected chi connectivity index (χ4v) is 6.09. The van der Waals surface area contributed by atoms with Gasteiger partial charge in [-0.25, -0.2) is 0 Å². The molecule has 1 heterocycles. The van der Waals surface area contributed by atoms with Crippen LogP contribution in [0.2, 0.25) is 19.6 Å². The van der Waals surface area contributed by atoms with Gasteiger partial charge < -0.3 is 0 Å². The van der Waals surface area contributed by atoms with Crippen LogP contribution in [-0.4, -0.2) is 12.6 Å². The molecule has 1 aromatic heterocycles. The molecule has 2 nitrogen and oxygen atoms in total. The van der Waals surface area contributed by atoms with Crippen LogP contribution >= 0.6 is 0 Å². The number of benzene rings is 2. The smallest absolute Gasteiger partial charge is 0.268 e. The van der Waals surface area contributed by atoms with Crippen molar-refractivity contribution in [2.24, 2.45) is 0 Å². The van der Waals surface area contributed by atoms with Gasteiger partial charge >= 0.3 is 0 Å². The third-order valence-corrected chi connectivity index (χ3v) is 8.51. The average Bonchev–Trinajstić information content (AvgIpc) is 3.17. The van der Waals surface area contributed by atoms with E-state index in [-0.39, 0.29) is 0 Å². The highest BCUT2D eigenvalue weighted by atomic mass is 28.3. The summed E-state index contributed by atoms with van der Waals surface area (Å²) in [4.78, 5) is 0. The van der Waals surface area contributed by atoms with Gasteiger partial charge in [0.2, 0.25) is 0 Å². The number of hydrogen-bond donors (Lipinski definition) is 0. The molecule has 3 rings (SSSR count). The fraction of sp³-hybridized carbons (Fsp3) is 0.500. The molecule has 0 aliphatic rings. The molecule has 2 aromatic carbocycles. The lowest BCUT2D eigenvalue weighted by Gasteiger charge is -2.25. The Morgan fingerprint density at radius 2 is 1.06 bits per heavy atom. The first-order valence-electron chi connectivity index (χ1n) is 12.7. The Morgan fingerprint density at radius 1 is 0.667 bits per heavy atom. The van der Waals surface area contributed by atoms with Gasteiger partial charge in [-0.2, -0.15) is 0 Å². The van der Waals surface area contributed by atoms with E-state index in [1.165, 1.54) is 38.9 Å². The first-order valence-corrected chi connectivity index (χ1v) is 16.2. The second-order valence-electron chi connectivity index (χ2n) is 11.8. The van der Waals surface area contributed by atoms with Crippen molar-refractivity contribution in [3.8, 4) is 11.4 Å². The Labute approximate surface area is 203 Å². The Kier molecular flexibility index (Phi) is 7.43. The summed E-state index contributed by atoms with van der Waals surface area (Å²) in [6, 6.07) is 13.6. The summed E-state index contributed by atoms with van der Waals surface area (Å²) < 4.78 is 4.75. The molecular weight excluding hydrogens is 416 g/mol. The van der Waals surface area contributed by atoms with Crippen LogP contribution in [0.15, 0.2) is 42.6 Å². The van der Waals surface area contributed by atoms with Crippen LogP contribution in [0, 0.1) is 6.33 Å². The first kappa shape index (κ1) is 25.5. The van der Waals surface area contributed by atoms with Crippen LogP contribution < -0.4 is 9.88 Å². The number of imidazole rings is 1. The molecule has 0 aliphatic heterocycles. The summed E-state index contributed by atoms with van der Waals surface area (Å²) >= 11 is 0. The first-order chi connectivity index (χ1) is 15.3. The van der Waals surface area contributed by atoms with Gasteiger partial charge in [0, 0.05) is 11.5 Å². The molecule has 0 N–H and O–H groups in total. The molecule has 0 aliphatic carbocycles. The third-order valence-electron chi connectivity index (χ3n) is 6.62. The zero-order valence-electron chi connectivity index (χ0n) is 22.7. The molecule has 0 atom stereocenters. The van der Waals surface area contributed by atoms with Crippen molar-refractivity contribution >= 4 is 13.4 Å². The van der Waals surface area contributed by atoms with Gasteiger partial charge in [0.15, 0.2) is 0 Å². The van der Waals surface area contributed by atoms with Gasteiger partial charge in [-0.15, -0.1) is 0 Å². The summed E-state index contributed by atoms with van der Waals surface area (Å²) in [5, 5.41) is 1.42. The molecule has 0 saturated heterocycles. The normalized spacial score (nSPS) is 12.6. The van der Waals surface area contributed by atoms with Crippen LogP contribution in [0.3, 0.4) is 0 Å². The number of hydrogen-bond acceptors (Lipinski definition) is 0. The summed E-state index contributed by atoms with van der Waals surface area (Å²) in [5.74, 6) is 1.80. The summed E-state index contributed by atoms with van der Waals surface area (Å²) in [6.45, 7) is 25.7. The highest BCUT2D eigenvalue weighted by molar-refractivity contribution is 6.88. The van der Waals surface area contributed by atoms with E-state index in [1.807, 2.05) is 0 Å². The molecule has 33 heavy (non-hydrogen) atoms. The van der Waals surface area contributed by atoms with E-state index in [4.69, 9.17) is 0 Å². The van der Waals surface area contributed by atoms with E-state index >= 15 is 0 Å². The van der Waals surface area contributed by atoms with Crippen molar-refractivity contribution in [2.45, 2.75) is 98.7 Å². The molecule has 3 heteroatoms. The number of aromatic nitrogens is 2. The molecular formula is C30H44N2Si. The predicted molar refractivity (Wildman–Crippen MR) is 145 cm³/mol. The number of rotatable bonds is 7. The van der Waals surface area contributed by atoms with Crippen molar-refractivity contribution in [1.82, 2.24) is 4.57 Å². The van der Waals surface area contributed by atoms with Crippen LogP contribution in [0.1, 0.15) is 101 Å². The second kappa shape index (κ2) is 9.62. The minimum atomic E-state index is -1.67. The monoisotopic (exact) mass is 460 g/mol. The molecule has 0 saturated carbocycles. The maximum absolute atomic E-state index is 3.87. The topological polar surface area (TPSA) is 8.81 Å². The largest absolute Gasteiger partial charge is 0.298 e. The highest BCUT2D eigenvalue weighted by Gasteiger charge is 2.28. The van der Waals surface area contributed by atoms with Crippen molar-refractivity contribution in [3.63, 3.8) is 0 Å². The molecule has 3 aromatic rings.